The van der Waals surface area contributed by atoms with Gasteiger partial charge in [0.2, 0.25) is 0 Å². The van der Waals surface area contributed by atoms with Crippen LogP contribution in [0.1, 0.15) is 16.1 Å². The standard InChI is InChI=1S/C11H11N3O2S/c1-6-9(17-11(13-6)14-12)7-2-4-8(5-3-7)10(15)16/h2-5H,12H2,1H3,(H,13,14)(H,15,16). The Morgan fingerprint density at radius 2 is 2.06 bits per heavy atom. The molecule has 0 fully saturated rings. The number of aromatic carboxylic acids is 1. The lowest BCUT2D eigenvalue weighted by atomic mass is 10.1. The van der Waals surface area contributed by atoms with E-state index < -0.39 is 5.97 Å². The highest BCUT2D eigenvalue weighted by Gasteiger charge is 2.10. The molecule has 1 aromatic heterocycles. The summed E-state index contributed by atoms with van der Waals surface area (Å²) in [5.74, 6) is 4.37. The zero-order valence-electron chi connectivity index (χ0n) is 9.10. The lowest BCUT2D eigenvalue weighted by molar-refractivity contribution is 0.0697. The van der Waals surface area contributed by atoms with Crippen LogP contribution in [0.15, 0.2) is 24.3 Å². The molecule has 0 bridgehead atoms. The number of nitrogens with two attached hydrogens (primary N) is 1. The van der Waals surface area contributed by atoms with E-state index in [9.17, 15) is 4.79 Å². The summed E-state index contributed by atoms with van der Waals surface area (Å²) in [5, 5.41) is 9.45. The zero-order chi connectivity index (χ0) is 12.4. The minimum Gasteiger partial charge on any atom is -0.478 e. The Morgan fingerprint density at radius 3 is 2.53 bits per heavy atom. The van der Waals surface area contributed by atoms with Crippen LogP contribution >= 0.6 is 11.3 Å². The number of carboxylic acids is 1. The zero-order valence-corrected chi connectivity index (χ0v) is 9.91. The van der Waals surface area contributed by atoms with Gasteiger partial charge in [-0.3, -0.25) is 5.43 Å². The highest BCUT2D eigenvalue weighted by molar-refractivity contribution is 7.19. The average molecular weight is 249 g/mol. The first-order valence-corrected chi connectivity index (χ1v) is 5.71. The molecule has 6 heteroatoms. The van der Waals surface area contributed by atoms with Gasteiger partial charge in [0.1, 0.15) is 0 Å². The highest BCUT2D eigenvalue weighted by atomic mass is 32.1. The van der Waals surface area contributed by atoms with Crippen molar-refractivity contribution >= 4 is 22.4 Å². The van der Waals surface area contributed by atoms with Gasteiger partial charge in [-0.05, 0) is 24.6 Å². The van der Waals surface area contributed by atoms with Crippen molar-refractivity contribution in [3.05, 3.63) is 35.5 Å². The first-order valence-electron chi connectivity index (χ1n) is 4.89. The Hall–Kier alpha value is -1.92. The fourth-order valence-corrected chi connectivity index (χ4v) is 2.37. The van der Waals surface area contributed by atoms with Crippen LogP contribution in [-0.2, 0) is 0 Å². The lowest BCUT2D eigenvalue weighted by Gasteiger charge is -1.99. The van der Waals surface area contributed by atoms with Gasteiger partial charge in [0.25, 0.3) is 0 Å². The number of aryl methyl sites for hydroxylation is 1. The van der Waals surface area contributed by atoms with Crippen molar-refractivity contribution in [1.82, 2.24) is 4.98 Å². The van der Waals surface area contributed by atoms with E-state index in [1.54, 1.807) is 24.3 Å². The van der Waals surface area contributed by atoms with Gasteiger partial charge in [-0.25, -0.2) is 15.6 Å². The molecule has 2 aromatic rings. The highest BCUT2D eigenvalue weighted by Crippen LogP contribution is 2.32. The topological polar surface area (TPSA) is 88.2 Å². The van der Waals surface area contributed by atoms with E-state index in [4.69, 9.17) is 10.9 Å². The molecule has 88 valence electrons. The third-order valence-electron chi connectivity index (χ3n) is 2.31. The predicted molar refractivity (Wildman–Crippen MR) is 67.1 cm³/mol. The van der Waals surface area contributed by atoms with Crippen LogP contribution < -0.4 is 11.3 Å². The molecule has 0 spiro atoms. The number of nitrogens with one attached hydrogen (secondary N) is 1. The normalized spacial score (nSPS) is 10.2. The Kier molecular flexibility index (Phi) is 3.08. The molecule has 1 heterocycles. The maximum absolute atomic E-state index is 10.7. The molecule has 0 atom stereocenters. The Labute approximate surface area is 102 Å². The SMILES string of the molecule is Cc1nc(NN)sc1-c1ccc(C(=O)O)cc1. The summed E-state index contributed by atoms with van der Waals surface area (Å²) in [5.41, 5.74) is 4.58. The van der Waals surface area contributed by atoms with E-state index >= 15 is 0 Å². The van der Waals surface area contributed by atoms with Gasteiger partial charge >= 0.3 is 5.97 Å². The summed E-state index contributed by atoms with van der Waals surface area (Å²) in [4.78, 5) is 15.9. The summed E-state index contributed by atoms with van der Waals surface area (Å²) in [7, 11) is 0. The first-order chi connectivity index (χ1) is 8.11. The van der Waals surface area contributed by atoms with Gasteiger partial charge < -0.3 is 5.11 Å². The maximum atomic E-state index is 10.7. The second-order valence-electron chi connectivity index (χ2n) is 3.46. The van der Waals surface area contributed by atoms with Crippen molar-refractivity contribution < 1.29 is 9.90 Å². The number of hydrogen-bond acceptors (Lipinski definition) is 5. The summed E-state index contributed by atoms with van der Waals surface area (Å²) in [6, 6.07) is 6.69. The van der Waals surface area contributed by atoms with Crippen LogP contribution in [0.3, 0.4) is 0 Å². The molecule has 1 aromatic carbocycles. The fraction of sp³-hybridized carbons (Fsp3) is 0.0909. The van der Waals surface area contributed by atoms with Crippen molar-refractivity contribution in [1.29, 1.82) is 0 Å². The second kappa shape index (κ2) is 4.52. The summed E-state index contributed by atoms with van der Waals surface area (Å²) in [6.07, 6.45) is 0. The number of benzene rings is 1. The van der Waals surface area contributed by atoms with Gasteiger partial charge in [-0.1, -0.05) is 23.5 Å². The van der Waals surface area contributed by atoms with E-state index in [0.29, 0.717) is 5.13 Å². The Bertz CT molecular complexity index is 548. The van der Waals surface area contributed by atoms with E-state index in [1.165, 1.54) is 11.3 Å². The minimum atomic E-state index is -0.929. The van der Waals surface area contributed by atoms with Crippen molar-refractivity contribution in [2.24, 2.45) is 5.84 Å². The van der Waals surface area contributed by atoms with E-state index in [-0.39, 0.29) is 5.56 Å². The van der Waals surface area contributed by atoms with Gasteiger partial charge in [0.05, 0.1) is 16.1 Å². The number of hydrogen-bond donors (Lipinski definition) is 3. The van der Waals surface area contributed by atoms with Crippen molar-refractivity contribution in [2.75, 3.05) is 5.43 Å². The summed E-state index contributed by atoms with van der Waals surface area (Å²) < 4.78 is 0. The average Bonchev–Trinajstić information content (AvgIpc) is 2.71. The molecular formula is C11H11N3O2S. The number of hydrazine groups is 1. The van der Waals surface area contributed by atoms with Crippen molar-refractivity contribution in [3.8, 4) is 10.4 Å². The molecule has 0 aliphatic heterocycles. The Balaban J connectivity index is 2.39. The van der Waals surface area contributed by atoms with Crippen LogP contribution in [-0.4, -0.2) is 16.1 Å². The van der Waals surface area contributed by atoms with Gasteiger partial charge in [0.15, 0.2) is 5.13 Å². The Morgan fingerprint density at radius 1 is 1.41 bits per heavy atom. The summed E-state index contributed by atoms with van der Waals surface area (Å²) in [6.45, 7) is 1.89. The second-order valence-corrected chi connectivity index (χ2v) is 4.46. The molecule has 2 rings (SSSR count). The van der Waals surface area contributed by atoms with Crippen molar-refractivity contribution in [3.63, 3.8) is 0 Å². The number of rotatable bonds is 3. The number of aromatic nitrogens is 1. The molecule has 17 heavy (non-hydrogen) atoms. The smallest absolute Gasteiger partial charge is 0.335 e. The predicted octanol–water partition coefficient (Wildman–Crippen LogP) is 2.10. The van der Waals surface area contributed by atoms with E-state index in [1.807, 2.05) is 6.92 Å². The van der Waals surface area contributed by atoms with Gasteiger partial charge in [0, 0.05) is 0 Å². The number of nitrogen functional groups attached to an aromatic ring is 1. The fourth-order valence-electron chi connectivity index (χ4n) is 1.49. The quantitative estimate of drug-likeness (QED) is 0.572. The molecule has 0 aliphatic carbocycles. The molecule has 4 N–H and O–H groups in total. The minimum absolute atomic E-state index is 0.271. The lowest BCUT2D eigenvalue weighted by Crippen LogP contribution is -2.05. The molecule has 5 nitrogen and oxygen atoms in total. The van der Waals surface area contributed by atoms with Crippen LogP contribution in [0.4, 0.5) is 5.13 Å². The van der Waals surface area contributed by atoms with E-state index in [2.05, 4.69) is 10.4 Å². The van der Waals surface area contributed by atoms with Crippen molar-refractivity contribution in [2.45, 2.75) is 6.92 Å². The molecule has 0 saturated heterocycles. The number of carbonyl (C=O) groups is 1. The molecule has 0 amide bonds. The molecule has 0 aliphatic rings. The third kappa shape index (κ3) is 2.27. The largest absolute Gasteiger partial charge is 0.478 e. The molecule has 0 unspecified atom stereocenters. The maximum Gasteiger partial charge on any atom is 0.335 e. The molecule has 0 radical (unpaired) electrons. The number of anilines is 1. The van der Waals surface area contributed by atoms with Gasteiger partial charge in [-0.2, -0.15) is 0 Å². The van der Waals surface area contributed by atoms with Crippen LogP contribution in [0.2, 0.25) is 0 Å². The molecule has 0 saturated carbocycles. The van der Waals surface area contributed by atoms with E-state index in [0.717, 1.165) is 16.1 Å². The first kappa shape index (κ1) is 11.6. The number of thiazole rings is 1. The van der Waals surface area contributed by atoms with Crippen LogP contribution in [0.25, 0.3) is 10.4 Å². The number of nitrogens with zero attached hydrogens (tertiary/aromatic N) is 1. The third-order valence-corrected chi connectivity index (χ3v) is 3.45. The van der Waals surface area contributed by atoms with Gasteiger partial charge in [-0.15, -0.1) is 0 Å². The van der Waals surface area contributed by atoms with Crippen LogP contribution in [0, 0.1) is 6.92 Å². The number of carboxylic acid groups (broad SMARTS) is 1. The van der Waals surface area contributed by atoms with Crippen LogP contribution in [0.5, 0.6) is 0 Å². The summed E-state index contributed by atoms with van der Waals surface area (Å²) >= 11 is 1.43. The molecular weight excluding hydrogens is 238 g/mol. The monoisotopic (exact) mass is 249 g/mol.